The Bertz CT molecular complexity index is 812. The molecule has 1 unspecified atom stereocenters. The van der Waals surface area contributed by atoms with Gasteiger partial charge >= 0.3 is 0 Å². The number of aliphatic hydroxyl groups is 1. The summed E-state index contributed by atoms with van der Waals surface area (Å²) in [5.41, 5.74) is 3.20. The SMILES string of the molecule is CC(C)=CC(=O)Nc1cccc(C(=O)CCNC(CO)Cc2ccccc2)c1. The summed E-state index contributed by atoms with van der Waals surface area (Å²) in [6.07, 6.45) is 2.54. The van der Waals surface area contributed by atoms with Crippen molar-refractivity contribution in [1.82, 2.24) is 5.32 Å². The highest BCUT2D eigenvalue weighted by molar-refractivity contribution is 6.01. The van der Waals surface area contributed by atoms with Gasteiger partial charge in [0.05, 0.1) is 6.61 Å². The van der Waals surface area contributed by atoms with Crippen LogP contribution in [0.1, 0.15) is 36.2 Å². The summed E-state index contributed by atoms with van der Waals surface area (Å²) in [4.78, 5) is 24.3. The molecule has 3 N–H and O–H groups in total. The summed E-state index contributed by atoms with van der Waals surface area (Å²) in [7, 11) is 0. The van der Waals surface area contributed by atoms with Gasteiger partial charge in [-0.15, -0.1) is 0 Å². The molecule has 1 atom stereocenters. The number of anilines is 1. The molecule has 0 aromatic heterocycles. The van der Waals surface area contributed by atoms with Crippen LogP contribution in [0.25, 0.3) is 0 Å². The number of rotatable bonds is 10. The molecule has 0 aliphatic rings. The number of Topliss-reactive ketones (excluding diaryl/α,β-unsaturated/α-hetero) is 1. The molecule has 0 radical (unpaired) electrons. The van der Waals surface area contributed by atoms with Gasteiger partial charge in [-0.1, -0.05) is 48.0 Å². The minimum Gasteiger partial charge on any atom is -0.395 e. The van der Waals surface area contributed by atoms with E-state index in [0.717, 1.165) is 11.1 Å². The topological polar surface area (TPSA) is 78.4 Å². The number of amides is 1. The first kappa shape index (κ1) is 21.5. The summed E-state index contributed by atoms with van der Waals surface area (Å²) in [6, 6.07) is 16.8. The highest BCUT2D eigenvalue weighted by atomic mass is 16.3. The van der Waals surface area contributed by atoms with Gasteiger partial charge in [0.15, 0.2) is 5.78 Å². The highest BCUT2D eigenvalue weighted by Crippen LogP contribution is 2.13. The molecule has 28 heavy (non-hydrogen) atoms. The second kappa shape index (κ2) is 11.2. The molecule has 2 aromatic rings. The van der Waals surface area contributed by atoms with Gasteiger partial charge in [-0.25, -0.2) is 0 Å². The number of aliphatic hydroxyl groups excluding tert-OH is 1. The Labute approximate surface area is 166 Å². The zero-order valence-corrected chi connectivity index (χ0v) is 16.4. The maximum absolute atomic E-state index is 12.5. The lowest BCUT2D eigenvalue weighted by Crippen LogP contribution is -2.35. The Morgan fingerprint density at radius 3 is 2.50 bits per heavy atom. The third kappa shape index (κ3) is 7.47. The van der Waals surface area contributed by atoms with Gasteiger partial charge in [0, 0.05) is 36.3 Å². The van der Waals surface area contributed by atoms with Gasteiger partial charge in [-0.05, 0) is 38.0 Å². The number of ketones is 1. The highest BCUT2D eigenvalue weighted by Gasteiger charge is 2.11. The van der Waals surface area contributed by atoms with E-state index in [4.69, 9.17) is 0 Å². The van der Waals surface area contributed by atoms with E-state index in [1.807, 2.05) is 44.2 Å². The van der Waals surface area contributed by atoms with Crippen LogP contribution in [0, 0.1) is 0 Å². The number of carbonyl (C=O) groups excluding carboxylic acids is 2. The predicted octanol–water partition coefficient (Wildman–Crippen LogP) is 3.36. The Morgan fingerprint density at radius 1 is 1.07 bits per heavy atom. The molecule has 148 valence electrons. The Hall–Kier alpha value is -2.76. The van der Waals surface area contributed by atoms with Crippen molar-refractivity contribution < 1.29 is 14.7 Å². The minimum atomic E-state index is -0.210. The lowest BCUT2D eigenvalue weighted by molar-refractivity contribution is -0.111. The number of hydrogen-bond donors (Lipinski definition) is 3. The van der Waals surface area contributed by atoms with Crippen molar-refractivity contribution in [2.75, 3.05) is 18.5 Å². The van der Waals surface area contributed by atoms with E-state index in [-0.39, 0.29) is 24.3 Å². The number of hydrogen-bond acceptors (Lipinski definition) is 4. The van der Waals surface area contributed by atoms with E-state index in [1.54, 1.807) is 24.3 Å². The maximum atomic E-state index is 12.5. The number of allylic oxidation sites excluding steroid dienone is 1. The van der Waals surface area contributed by atoms with E-state index in [2.05, 4.69) is 10.6 Å². The molecular weight excluding hydrogens is 352 g/mol. The Morgan fingerprint density at radius 2 is 1.82 bits per heavy atom. The second-order valence-corrected chi connectivity index (χ2v) is 6.99. The van der Waals surface area contributed by atoms with Gasteiger partial charge < -0.3 is 15.7 Å². The van der Waals surface area contributed by atoms with Crippen molar-refractivity contribution >= 4 is 17.4 Å². The minimum absolute atomic E-state index is 0.00889. The second-order valence-electron chi connectivity index (χ2n) is 6.99. The quantitative estimate of drug-likeness (QED) is 0.436. The smallest absolute Gasteiger partial charge is 0.248 e. The van der Waals surface area contributed by atoms with Crippen LogP contribution in [0.15, 0.2) is 66.2 Å². The lowest BCUT2D eigenvalue weighted by atomic mass is 10.1. The van der Waals surface area contributed by atoms with Crippen LogP contribution in [-0.2, 0) is 11.2 Å². The normalized spacial score (nSPS) is 11.5. The fraction of sp³-hybridized carbons (Fsp3) is 0.304. The number of nitrogens with one attached hydrogen (secondary N) is 2. The zero-order chi connectivity index (χ0) is 20.4. The molecule has 5 nitrogen and oxygen atoms in total. The monoisotopic (exact) mass is 380 g/mol. The summed E-state index contributed by atoms with van der Waals surface area (Å²) < 4.78 is 0. The van der Waals surface area contributed by atoms with E-state index in [1.165, 1.54) is 6.08 Å². The molecule has 0 saturated carbocycles. The predicted molar refractivity (Wildman–Crippen MR) is 112 cm³/mol. The first-order valence-corrected chi connectivity index (χ1v) is 9.45. The first-order valence-electron chi connectivity index (χ1n) is 9.45. The molecule has 5 heteroatoms. The van der Waals surface area contributed by atoms with Gasteiger partial charge in [-0.2, -0.15) is 0 Å². The van der Waals surface area contributed by atoms with Crippen LogP contribution < -0.4 is 10.6 Å². The molecule has 0 bridgehead atoms. The molecule has 0 aliphatic carbocycles. The standard InChI is InChI=1S/C23H28N2O3/c1-17(2)13-23(28)25-20-10-6-9-19(15-20)22(27)11-12-24-21(16-26)14-18-7-4-3-5-8-18/h3-10,13,15,21,24,26H,11-12,14,16H2,1-2H3,(H,25,28). The van der Waals surface area contributed by atoms with Crippen molar-refractivity contribution in [3.8, 4) is 0 Å². The van der Waals surface area contributed by atoms with E-state index in [0.29, 0.717) is 30.6 Å². The Balaban J connectivity index is 1.86. The van der Waals surface area contributed by atoms with E-state index < -0.39 is 0 Å². The summed E-state index contributed by atoms with van der Waals surface area (Å²) in [5.74, 6) is -0.222. The van der Waals surface area contributed by atoms with E-state index in [9.17, 15) is 14.7 Å². The molecule has 2 rings (SSSR count). The molecule has 0 fully saturated rings. The summed E-state index contributed by atoms with van der Waals surface area (Å²) in [5, 5.41) is 15.6. The molecule has 0 spiro atoms. The van der Waals surface area contributed by atoms with Crippen molar-refractivity contribution in [3.63, 3.8) is 0 Å². The van der Waals surface area contributed by atoms with E-state index >= 15 is 0 Å². The molecule has 0 heterocycles. The van der Waals surface area contributed by atoms with Crippen molar-refractivity contribution in [1.29, 1.82) is 0 Å². The van der Waals surface area contributed by atoms with Crippen LogP contribution in [0.2, 0.25) is 0 Å². The average Bonchev–Trinajstić information content (AvgIpc) is 2.67. The van der Waals surface area contributed by atoms with Gasteiger partial charge in [0.25, 0.3) is 0 Å². The average molecular weight is 380 g/mol. The summed E-state index contributed by atoms with van der Waals surface area (Å²) in [6.45, 7) is 4.19. The van der Waals surface area contributed by atoms with Crippen LogP contribution in [-0.4, -0.2) is 36.0 Å². The molecule has 1 amide bonds. The zero-order valence-electron chi connectivity index (χ0n) is 16.4. The van der Waals surface area contributed by atoms with Crippen LogP contribution in [0.5, 0.6) is 0 Å². The summed E-state index contributed by atoms with van der Waals surface area (Å²) >= 11 is 0. The van der Waals surface area contributed by atoms with Crippen LogP contribution in [0.4, 0.5) is 5.69 Å². The van der Waals surface area contributed by atoms with Crippen molar-refractivity contribution in [2.45, 2.75) is 32.7 Å². The van der Waals surface area contributed by atoms with Gasteiger partial charge in [-0.3, -0.25) is 9.59 Å². The third-order valence-electron chi connectivity index (χ3n) is 4.20. The molecule has 0 saturated heterocycles. The largest absolute Gasteiger partial charge is 0.395 e. The number of benzene rings is 2. The van der Waals surface area contributed by atoms with Gasteiger partial charge in [0.2, 0.25) is 5.91 Å². The molecule has 0 aliphatic heterocycles. The van der Waals surface area contributed by atoms with Crippen LogP contribution in [0.3, 0.4) is 0 Å². The fourth-order valence-electron chi connectivity index (χ4n) is 2.84. The molecular formula is C23H28N2O3. The van der Waals surface area contributed by atoms with Gasteiger partial charge in [0.1, 0.15) is 0 Å². The fourth-order valence-corrected chi connectivity index (χ4v) is 2.84. The maximum Gasteiger partial charge on any atom is 0.248 e. The first-order chi connectivity index (χ1) is 13.5. The molecule has 2 aromatic carbocycles. The Kier molecular flexibility index (Phi) is 8.59. The third-order valence-corrected chi connectivity index (χ3v) is 4.20. The van der Waals surface area contributed by atoms with Crippen LogP contribution >= 0.6 is 0 Å². The van der Waals surface area contributed by atoms with Crippen molar-refractivity contribution in [2.24, 2.45) is 0 Å². The lowest BCUT2D eigenvalue weighted by Gasteiger charge is -2.16. The number of carbonyl (C=O) groups is 2. The van der Waals surface area contributed by atoms with Crippen molar-refractivity contribution in [3.05, 3.63) is 77.4 Å².